The van der Waals surface area contributed by atoms with Crippen LogP contribution in [0.2, 0.25) is 0 Å². The number of carboxylic acid groups (broad SMARTS) is 1. The molecule has 1 heterocycles. The minimum atomic E-state index is -1.10. The summed E-state index contributed by atoms with van der Waals surface area (Å²) in [7, 11) is 0. The Morgan fingerprint density at radius 3 is 2.44 bits per heavy atom. The molecule has 0 radical (unpaired) electrons. The molecule has 2 rings (SSSR count). The maximum atomic E-state index is 12.1. The van der Waals surface area contributed by atoms with Crippen LogP contribution in [-0.4, -0.2) is 34.6 Å². The van der Waals surface area contributed by atoms with Crippen molar-refractivity contribution in [2.75, 3.05) is 11.9 Å². The fourth-order valence-corrected chi connectivity index (χ4v) is 1.99. The second-order valence-electron chi connectivity index (χ2n) is 5.77. The van der Waals surface area contributed by atoms with Gasteiger partial charge in [-0.15, -0.1) is 0 Å². The zero-order chi connectivity index (χ0) is 18.4. The molecule has 8 heteroatoms. The molecule has 0 atom stereocenters. The molecule has 0 bridgehead atoms. The Hall–Kier alpha value is -3.16. The van der Waals surface area contributed by atoms with Gasteiger partial charge in [0.15, 0.2) is 0 Å². The number of carboxylic acids is 1. The number of carbonyl (C=O) groups is 3. The standard InChI is InChI=1S/C17H19N3O5/c1-10(2)13-8-14(25-20-13)17(24)19-12-5-3-11(4-6-12)7-15(21)18-9-16(22)23/h3-6,8,10H,7,9H2,1-2H3,(H,18,21)(H,19,24)(H,22,23). The van der Waals surface area contributed by atoms with Crippen LogP contribution in [0.3, 0.4) is 0 Å². The monoisotopic (exact) mass is 345 g/mol. The molecular formula is C17H19N3O5. The van der Waals surface area contributed by atoms with E-state index in [0.717, 1.165) is 0 Å². The zero-order valence-corrected chi connectivity index (χ0v) is 13.9. The maximum Gasteiger partial charge on any atom is 0.322 e. The summed E-state index contributed by atoms with van der Waals surface area (Å²) in [4.78, 5) is 34.0. The lowest BCUT2D eigenvalue weighted by Gasteiger charge is -2.05. The molecule has 2 aromatic rings. The second kappa shape index (κ2) is 8.09. The van der Waals surface area contributed by atoms with E-state index in [1.165, 1.54) is 0 Å². The van der Waals surface area contributed by atoms with Crippen LogP contribution < -0.4 is 10.6 Å². The highest BCUT2D eigenvalue weighted by atomic mass is 16.5. The number of aromatic nitrogens is 1. The van der Waals surface area contributed by atoms with Crippen molar-refractivity contribution in [1.29, 1.82) is 0 Å². The van der Waals surface area contributed by atoms with Crippen LogP contribution in [-0.2, 0) is 16.0 Å². The number of nitrogens with zero attached hydrogens (tertiary/aromatic N) is 1. The first-order chi connectivity index (χ1) is 11.8. The number of rotatable bonds is 7. The lowest BCUT2D eigenvalue weighted by atomic mass is 10.1. The van der Waals surface area contributed by atoms with Crippen LogP contribution in [0, 0.1) is 0 Å². The number of hydrogen-bond donors (Lipinski definition) is 3. The molecule has 132 valence electrons. The molecule has 0 aliphatic rings. The van der Waals surface area contributed by atoms with Gasteiger partial charge in [0.05, 0.1) is 12.1 Å². The maximum absolute atomic E-state index is 12.1. The van der Waals surface area contributed by atoms with Crippen molar-refractivity contribution in [2.45, 2.75) is 26.2 Å². The Morgan fingerprint density at radius 1 is 1.20 bits per heavy atom. The van der Waals surface area contributed by atoms with Gasteiger partial charge in [0, 0.05) is 11.8 Å². The third-order valence-electron chi connectivity index (χ3n) is 3.36. The lowest BCUT2D eigenvalue weighted by Crippen LogP contribution is -2.30. The molecule has 0 saturated carbocycles. The van der Waals surface area contributed by atoms with Crippen LogP contribution >= 0.6 is 0 Å². The second-order valence-corrected chi connectivity index (χ2v) is 5.77. The molecule has 0 aliphatic carbocycles. The SMILES string of the molecule is CC(C)c1cc(C(=O)Nc2ccc(CC(=O)NCC(=O)O)cc2)on1. The number of aliphatic carboxylic acids is 1. The van der Waals surface area contributed by atoms with Gasteiger partial charge in [0.2, 0.25) is 11.7 Å². The van der Waals surface area contributed by atoms with E-state index in [1.807, 2.05) is 13.8 Å². The lowest BCUT2D eigenvalue weighted by molar-refractivity contribution is -0.137. The molecule has 0 spiro atoms. The van der Waals surface area contributed by atoms with Crippen molar-refractivity contribution in [2.24, 2.45) is 0 Å². The fourth-order valence-electron chi connectivity index (χ4n) is 1.99. The first-order valence-corrected chi connectivity index (χ1v) is 7.70. The summed E-state index contributed by atoms with van der Waals surface area (Å²) in [6.07, 6.45) is 0.0569. The molecule has 0 fully saturated rings. The van der Waals surface area contributed by atoms with Gasteiger partial charge >= 0.3 is 5.97 Å². The fraction of sp³-hybridized carbons (Fsp3) is 0.294. The Labute approximate surface area is 144 Å². The number of benzene rings is 1. The Kier molecular flexibility index (Phi) is 5.89. The number of amides is 2. The summed E-state index contributed by atoms with van der Waals surface area (Å²) in [5.41, 5.74) is 1.94. The topological polar surface area (TPSA) is 122 Å². The average Bonchev–Trinajstić information content (AvgIpc) is 3.05. The number of nitrogens with one attached hydrogen (secondary N) is 2. The normalized spacial score (nSPS) is 10.5. The summed E-state index contributed by atoms with van der Waals surface area (Å²) < 4.78 is 5.02. The Balaban J connectivity index is 1.92. The highest BCUT2D eigenvalue weighted by molar-refractivity contribution is 6.02. The van der Waals surface area contributed by atoms with Crippen molar-refractivity contribution < 1.29 is 24.0 Å². The highest BCUT2D eigenvalue weighted by Crippen LogP contribution is 2.16. The molecule has 0 aliphatic heterocycles. The minimum absolute atomic E-state index is 0.0569. The van der Waals surface area contributed by atoms with E-state index < -0.39 is 18.4 Å². The van der Waals surface area contributed by atoms with Gasteiger partial charge in [0.25, 0.3) is 5.91 Å². The van der Waals surface area contributed by atoms with E-state index in [4.69, 9.17) is 9.63 Å². The van der Waals surface area contributed by atoms with E-state index in [-0.39, 0.29) is 24.0 Å². The molecule has 8 nitrogen and oxygen atoms in total. The molecule has 25 heavy (non-hydrogen) atoms. The Morgan fingerprint density at radius 2 is 1.88 bits per heavy atom. The van der Waals surface area contributed by atoms with Gasteiger partial charge in [-0.05, 0) is 23.6 Å². The molecule has 2 amide bonds. The van der Waals surface area contributed by atoms with Gasteiger partial charge < -0.3 is 20.3 Å². The number of carbonyl (C=O) groups excluding carboxylic acids is 2. The Bertz CT molecular complexity index is 765. The van der Waals surface area contributed by atoms with Crippen molar-refractivity contribution in [3.8, 4) is 0 Å². The van der Waals surface area contributed by atoms with E-state index in [1.54, 1.807) is 30.3 Å². The van der Waals surface area contributed by atoms with E-state index in [2.05, 4.69) is 15.8 Å². The van der Waals surface area contributed by atoms with Crippen LogP contribution in [0.4, 0.5) is 5.69 Å². The van der Waals surface area contributed by atoms with Gasteiger partial charge in [-0.2, -0.15) is 0 Å². The summed E-state index contributed by atoms with van der Waals surface area (Å²) in [5.74, 6) is -1.61. The van der Waals surface area contributed by atoms with Crippen LogP contribution in [0.15, 0.2) is 34.9 Å². The molecular weight excluding hydrogens is 326 g/mol. The third kappa shape index (κ3) is 5.45. The summed E-state index contributed by atoms with van der Waals surface area (Å²) in [5, 5.41) is 17.3. The van der Waals surface area contributed by atoms with Crippen molar-refractivity contribution in [3.63, 3.8) is 0 Å². The van der Waals surface area contributed by atoms with Crippen LogP contribution in [0.5, 0.6) is 0 Å². The van der Waals surface area contributed by atoms with Gasteiger partial charge in [-0.1, -0.05) is 31.1 Å². The average molecular weight is 345 g/mol. The van der Waals surface area contributed by atoms with Crippen LogP contribution in [0.25, 0.3) is 0 Å². The molecule has 1 aromatic heterocycles. The first-order valence-electron chi connectivity index (χ1n) is 7.70. The predicted molar refractivity (Wildman–Crippen MR) is 89.3 cm³/mol. The molecule has 3 N–H and O–H groups in total. The van der Waals surface area contributed by atoms with Crippen molar-refractivity contribution >= 4 is 23.5 Å². The first kappa shape index (κ1) is 18.2. The molecule has 0 saturated heterocycles. The van der Waals surface area contributed by atoms with Crippen molar-refractivity contribution in [1.82, 2.24) is 10.5 Å². The van der Waals surface area contributed by atoms with Gasteiger partial charge in [0.1, 0.15) is 6.54 Å². The number of hydrogen-bond acceptors (Lipinski definition) is 5. The largest absolute Gasteiger partial charge is 0.480 e. The molecule has 0 unspecified atom stereocenters. The van der Waals surface area contributed by atoms with Gasteiger partial charge in [-0.3, -0.25) is 14.4 Å². The molecule has 1 aromatic carbocycles. The van der Waals surface area contributed by atoms with E-state index in [0.29, 0.717) is 16.9 Å². The minimum Gasteiger partial charge on any atom is -0.480 e. The smallest absolute Gasteiger partial charge is 0.322 e. The zero-order valence-electron chi connectivity index (χ0n) is 13.9. The summed E-state index contributed by atoms with van der Waals surface area (Å²) in [6.45, 7) is 3.48. The highest BCUT2D eigenvalue weighted by Gasteiger charge is 2.15. The van der Waals surface area contributed by atoms with Crippen molar-refractivity contribution in [3.05, 3.63) is 47.3 Å². The quantitative estimate of drug-likeness (QED) is 0.703. The summed E-state index contributed by atoms with van der Waals surface area (Å²) >= 11 is 0. The predicted octanol–water partition coefficient (Wildman–Crippen LogP) is 1.79. The van der Waals surface area contributed by atoms with E-state index >= 15 is 0 Å². The third-order valence-corrected chi connectivity index (χ3v) is 3.36. The van der Waals surface area contributed by atoms with Gasteiger partial charge in [-0.25, -0.2) is 0 Å². The van der Waals surface area contributed by atoms with Crippen LogP contribution in [0.1, 0.15) is 41.6 Å². The number of anilines is 1. The summed E-state index contributed by atoms with van der Waals surface area (Å²) in [6, 6.07) is 8.25. The van der Waals surface area contributed by atoms with E-state index in [9.17, 15) is 14.4 Å².